The Morgan fingerprint density at radius 3 is 2.55 bits per heavy atom. The highest BCUT2D eigenvalue weighted by Gasteiger charge is 2.30. The minimum Gasteiger partial charge on any atom is -0.494 e. The molecule has 7 nitrogen and oxygen atoms in total. The molecule has 2 aromatic heterocycles. The summed E-state index contributed by atoms with van der Waals surface area (Å²) in [4.78, 5) is 12.2. The highest BCUT2D eigenvalue weighted by molar-refractivity contribution is 7.93. The van der Waals surface area contributed by atoms with Crippen molar-refractivity contribution in [1.29, 1.82) is 0 Å². The molecular weight excluding hydrogens is 412 g/mol. The van der Waals surface area contributed by atoms with Crippen LogP contribution in [0.15, 0.2) is 78.3 Å². The van der Waals surface area contributed by atoms with Gasteiger partial charge in [0, 0.05) is 41.1 Å². The first-order valence-electron chi connectivity index (χ1n) is 8.49. The van der Waals surface area contributed by atoms with Crippen LogP contribution in [-0.2, 0) is 10.0 Å². The monoisotopic (exact) mass is 426 g/mol. The van der Waals surface area contributed by atoms with E-state index >= 15 is 0 Å². The van der Waals surface area contributed by atoms with Crippen LogP contribution >= 0.6 is 11.6 Å². The number of ether oxygens (including phenoxy) is 1. The molecule has 0 fully saturated rings. The van der Waals surface area contributed by atoms with Crippen LogP contribution in [0, 0.1) is 0 Å². The van der Waals surface area contributed by atoms with Crippen molar-refractivity contribution in [1.82, 2.24) is 15.0 Å². The molecule has 0 saturated heterocycles. The van der Waals surface area contributed by atoms with Crippen molar-refractivity contribution < 1.29 is 13.2 Å². The van der Waals surface area contributed by atoms with Crippen LogP contribution in [0.3, 0.4) is 0 Å². The van der Waals surface area contributed by atoms with Gasteiger partial charge in [-0.05, 0) is 35.7 Å². The average molecular weight is 427 g/mol. The summed E-state index contributed by atoms with van der Waals surface area (Å²) in [5.74, 6) is 0.472. The number of anilines is 2. The molecule has 0 N–H and O–H groups in total. The Balaban J connectivity index is 1.95. The van der Waals surface area contributed by atoms with Crippen molar-refractivity contribution in [2.75, 3.05) is 11.4 Å². The van der Waals surface area contributed by atoms with Crippen LogP contribution in [-0.4, -0.2) is 30.5 Å². The number of nitrogens with zero attached hydrogens (tertiary/aromatic N) is 4. The lowest BCUT2D eigenvalue weighted by molar-refractivity contribution is 0.416. The largest absolute Gasteiger partial charge is 0.494 e. The highest BCUT2D eigenvalue weighted by atomic mass is 35.5. The number of methoxy groups -OCH3 is 1. The van der Waals surface area contributed by atoms with Gasteiger partial charge < -0.3 is 4.74 Å². The summed E-state index contributed by atoms with van der Waals surface area (Å²) in [5.41, 5.74) is 0.283. The second-order valence-electron chi connectivity index (χ2n) is 6.04. The Morgan fingerprint density at radius 1 is 0.966 bits per heavy atom. The summed E-state index contributed by atoms with van der Waals surface area (Å²) in [5, 5.41) is 2.01. The molecule has 0 aliphatic rings. The number of hydrogen-bond donors (Lipinski definition) is 0. The van der Waals surface area contributed by atoms with Crippen LogP contribution in [0.5, 0.6) is 5.75 Å². The molecule has 0 aliphatic carbocycles. The Bertz CT molecular complexity index is 1280. The maximum Gasteiger partial charge on any atom is 0.270 e. The molecule has 2 aromatic carbocycles. The smallest absolute Gasteiger partial charge is 0.270 e. The van der Waals surface area contributed by atoms with E-state index in [9.17, 15) is 8.42 Å². The molecule has 146 valence electrons. The molecule has 0 bridgehead atoms. The van der Waals surface area contributed by atoms with Crippen molar-refractivity contribution in [2.45, 2.75) is 4.90 Å². The molecule has 0 radical (unpaired) electrons. The Labute approximate surface area is 172 Å². The lowest BCUT2D eigenvalue weighted by Gasteiger charge is -2.25. The van der Waals surface area contributed by atoms with Crippen molar-refractivity contribution in [2.24, 2.45) is 0 Å². The molecule has 0 saturated carbocycles. The van der Waals surface area contributed by atoms with E-state index in [1.165, 1.54) is 31.8 Å². The van der Waals surface area contributed by atoms with Gasteiger partial charge in [0.1, 0.15) is 17.8 Å². The van der Waals surface area contributed by atoms with Gasteiger partial charge in [0.25, 0.3) is 10.0 Å². The van der Waals surface area contributed by atoms with Gasteiger partial charge in [0.2, 0.25) is 0 Å². The predicted octanol–water partition coefficient (Wildman–Crippen LogP) is 4.21. The standard InChI is InChI=1S/C20H15ClN4O3S/c1-28-19-11-16(21)3-5-18(19)25(20-7-9-23-13-24-20)29(26,27)17-4-2-15-12-22-8-6-14(15)10-17/h2-13H,1H3. The highest BCUT2D eigenvalue weighted by Crippen LogP contribution is 2.39. The maximum atomic E-state index is 13.7. The molecule has 4 rings (SSSR count). The zero-order valence-corrected chi connectivity index (χ0v) is 16.8. The molecule has 9 heteroatoms. The number of hydrogen-bond acceptors (Lipinski definition) is 6. The van der Waals surface area contributed by atoms with E-state index in [2.05, 4.69) is 15.0 Å². The fourth-order valence-corrected chi connectivity index (χ4v) is 4.58. The number of aromatic nitrogens is 3. The van der Waals surface area contributed by atoms with Gasteiger partial charge in [-0.15, -0.1) is 0 Å². The number of sulfonamides is 1. The first kappa shape index (κ1) is 19.1. The van der Waals surface area contributed by atoms with Gasteiger partial charge >= 0.3 is 0 Å². The first-order chi connectivity index (χ1) is 14.0. The van der Waals surface area contributed by atoms with E-state index in [-0.39, 0.29) is 16.4 Å². The van der Waals surface area contributed by atoms with Crippen LogP contribution in [0.4, 0.5) is 11.5 Å². The van der Waals surface area contributed by atoms with Crippen LogP contribution < -0.4 is 9.04 Å². The van der Waals surface area contributed by atoms with E-state index in [0.717, 1.165) is 15.1 Å². The summed E-state index contributed by atoms with van der Waals surface area (Å²) in [6.45, 7) is 0. The van der Waals surface area contributed by atoms with Crippen molar-refractivity contribution in [3.63, 3.8) is 0 Å². The van der Waals surface area contributed by atoms with Gasteiger partial charge in [-0.1, -0.05) is 17.7 Å². The van der Waals surface area contributed by atoms with Crippen LogP contribution in [0.25, 0.3) is 10.8 Å². The minimum atomic E-state index is -4.04. The Kier molecular flexibility index (Phi) is 5.04. The Morgan fingerprint density at radius 2 is 1.79 bits per heavy atom. The maximum absolute atomic E-state index is 13.7. The predicted molar refractivity (Wildman–Crippen MR) is 111 cm³/mol. The second kappa shape index (κ2) is 7.65. The number of fused-ring (bicyclic) bond motifs is 1. The third kappa shape index (κ3) is 3.59. The van der Waals surface area contributed by atoms with Crippen molar-refractivity contribution in [3.8, 4) is 5.75 Å². The van der Waals surface area contributed by atoms with Gasteiger partial charge in [0.05, 0.1) is 12.0 Å². The van der Waals surface area contributed by atoms with Crippen LogP contribution in [0.1, 0.15) is 0 Å². The SMILES string of the molecule is COc1cc(Cl)ccc1N(c1ccncn1)S(=O)(=O)c1ccc2cnccc2c1. The number of rotatable bonds is 5. The van der Waals surface area contributed by atoms with E-state index in [4.69, 9.17) is 16.3 Å². The topological polar surface area (TPSA) is 85.3 Å². The van der Waals surface area contributed by atoms with Crippen molar-refractivity contribution >= 4 is 43.9 Å². The summed E-state index contributed by atoms with van der Waals surface area (Å²) in [7, 11) is -2.60. The van der Waals surface area contributed by atoms with Crippen LogP contribution in [0.2, 0.25) is 5.02 Å². The lowest BCUT2D eigenvalue weighted by atomic mass is 10.2. The molecule has 0 amide bonds. The van der Waals surface area contributed by atoms with E-state index in [1.54, 1.807) is 48.8 Å². The summed E-state index contributed by atoms with van der Waals surface area (Å²) in [6, 6.07) is 12.8. The molecule has 29 heavy (non-hydrogen) atoms. The third-order valence-electron chi connectivity index (χ3n) is 4.29. The summed E-state index contributed by atoms with van der Waals surface area (Å²) >= 11 is 6.06. The quantitative estimate of drug-likeness (QED) is 0.475. The number of pyridine rings is 1. The first-order valence-corrected chi connectivity index (χ1v) is 10.3. The Hall–Kier alpha value is -3.23. The van der Waals surface area contributed by atoms with Gasteiger partial charge in [0.15, 0.2) is 5.82 Å². The third-order valence-corrected chi connectivity index (χ3v) is 6.23. The van der Waals surface area contributed by atoms with Gasteiger partial charge in [-0.2, -0.15) is 0 Å². The normalized spacial score (nSPS) is 11.4. The van der Waals surface area contributed by atoms with E-state index in [1.807, 2.05) is 0 Å². The average Bonchev–Trinajstić information content (AvgIpc) is 2.75. The van der Waals surface area contributed by atoms with E-state index in [0.29, 0.717) is 10.8 Å². The summed E-state index contributed by atoms with van der Waals surface area (Å²) in [6.07, 6.45) is 6.05. The lowest BCUT2D eigenvalue weighted by Crippen LogP contribution is -2.27. The molecule has 0 unspecified atom stereocenters. The molecule has 2 heterocycles. The summed E-state index contributed by atoms with van der Waals surface area (Å²) < 4.78 is 33.9. The number of benzene rings is 2. The van der Waals surface area contributed by atoms with Gasteiger partial charge in [-0.3, -0.25) is 4.98 Å². The molecule has 0 spiro atoms. The van der Waals surface area contributed by atoms with Gasteiger partial charge in [-0.25, -0.2) is 22.7 Å². The zero-order chi connectivity index (χ0) is 20.4. The second-order valence-corrected chi connectivity index (χ2v) is 8.26. The van der Waals surface area contributed by atoms with E-state index < -0.39 is 10.0 Å². The number of halogens is 1. The fraction of sp³-hybridized carbons (Fsp3) is 0.0500. The molecular formula is C20H15ClN4O3S. The van der Waals surface area contributed by atoms with Crippen molar-refractivity contribution in [3.05, 3.63) is 78.5 Å². The zero-order valence-electron chi connectivity index (χ0n) is 15.2. The molecule has 0 atom stereocenters. The molecule has 0 aliphatic heterocycles. The molecule has 4 aromatic rings. The fourth-order valence-electron chi connectivity index (χ4n) is 2.93. The minimum absolute atomic E-state index is 0.104.